The van der Waals surface area contributed by atoms with Crippen molar-refractivity contribution in [3.8, 4) is 5.75 Å². The molecule has 0 bridgehead atoms. The first kappa shape index (κ1) is 9.83. The molecule has 1 aromatic carbocycles. The second kappa shape index (κ2) is 2.89. The number of phenols is 1. The maximum absolute atomic E-state index is 11.2. The highest BCUT2D eigenvalue weighted by atomic mass is 16.6. The molecular weight excluding hydrogens is 194 g/mol. The van der Waals surface area contributed by atoms with Crippen LogP contribution in [0.2, 0.25) is 0 Å². The highest BCUT2D eigenvalue weighted by Crippen LogP contribution is 2.38. The molecule has 2 N–H and O–H groups in total. The fraction of sp³-hybridized carbons (Fsp3) is 0.364. The van der Waals surface area contributed by atoms with Gasteiger partial charge in [-0.25, -0.2) is 4.79 Å². The van der Waals surface area contributed by atoms with Gasteiger partial charge in [0.15, 0.2) is 0 Å². The molecule has 0 aromatic heterocycles. The number of carbonyl (C=O) groups is 1. The van der Waals surface area contributed by atoms with Crippen LogP contribution in [0.25, 0.3) is 0 Å². The first-order chi connectivity index (χ1) is 6.90. The largest absolute Gasteiger partial charge is 0.508 e. The van der Waals surface area contributed by atoms with Gasteiger partial charge in [0.2, 0.25) is 0 Å². The average Bonchev–Trinajstić information content (AvgIpc) is 2.07. The van der Waals surface area contributed by atoms with E-state index in [-0.39, 0.29) is 5.75 Å². The van der Waals surface area contributed by atoms with Crippen LogP contribution in [0, 0.1) is 6.92 Å². The molecule has 0 aliphatic carbocycles. The SMILES string of the molecule is Cc1cc2c(cc1O)C(C)(C)OC(=O)N2. The number of amides is 1. The second-order valence-corrected chi connectivity index (χ2v) is 4.21. The standard InChI is InChI=1S/C11H13NO3/c1-6-4-8-7(5-9(6)13)11(2,3)15-10(14)12-8/h4-5,13H,1-3H3,(H,12,14). The Morgan fingerprint density at radius 2 is 2.07 bits per heavy atom. The fourth-order valence-electron chi connectivity index (χ4n) is 1.72. The molecule has 4 heteroatoms. The summed E-state index contributed by atoms with van der Waals surface area (Å²) >= 11 is 0. The Morgan fingerprint density at radius 3 is 2.73 bits per heavy atom. The molecule has 1 aliphatic heterocycles. The normalized spacial score (nSPS) is 17.7. The summed E-state index contributed by atoms with van der Waals surface area (Å²) in [5, 5.41) is 12.2. The number of anilines is 1. The summed E-state index contributed by atoms with van der Waals surface area (Å²) in [5.74, 6) is 0.210. The number of ether oxygens (including phenoxy) is 1. The van der Waals surface area contributed by atoms with E-state index in [9.17, 15) is 9.90 Å². The Balaban J connectivity index is 2.62. The quantitative estimate of drug-likeness (QED) is 0.642. The van der Waals surface area contributed by atoms with Crippen LogP contribution in [-0.2, 0) is 10.3 Å². The van der Waals surface area contributed by atoms with Gasteiger partial charge in [0.1, 0.15) is 11.4 Å². The Labute approximate surface area is 87.9 Å². The van der Waals surface area contributed by atoms with Gasteiger partial charge in [0.25, 0.3) is 0 Å². The summed E-state index contributed by atoms with van der Waals surface area (Å²) in [7, 11) is 0. The van der Waals surface area contributed by atoms with Gasteiger partial charge >= 0.3 is 6.09 Å². The number of rotatable bonds is 0. The molecule has 1 aliphatic rings. The summed E-state index contributed by atoms with van der Waals surface area (Å²) in [6.07, 6.45) is -0.461. The highest BCUT2D eigenvalue weighted by Gasteiger charge is 2.33. The lowest BCUT2D eigenvalue weighted by Crippen LogP contribution is -2.34. The molecule has 15 heavy (non-hydrogen) atoms. The van der Waals surface area contributed by atoms with Crippen molar-refractivity contribution in [3.05, 3.63) is 23.3 Å². The van der Waals surface area contributed by atoms with Gasteiger partial charge in [0, 0.05) is 5.56 Å². The molecule has 1 heterocycles. The molecule has 0 unspecified atom stereocenters. The van der Waals surface area contributed by atoms with Crippen molar-refractivity contribution >= 4 is 11.8 Å². The fourth-order valence-corrected chi connectivity index (χ4v) is 1.72. The molecule has 1 aromatic rings. The Morgan fingerprint density at radius 1 is 1.40 bits per heavy atom. The minimum Gasteiger partial charge on any atom is -0.508 e. The molecular formula is C11H13NO3. The number of benzene rings is 1. The van der Waals surface area contributed by atoms with Gasteiger partial charge in [-0.2, -0.15) is 0 Å². The summed E-state index contributed by atoms with van der Waals surface area (Å²) in [4.78, 5) is 11.2. The third-order valence-electron chi connectivity index (χ3n) is 2.57. The number of nitrogens with one attached hydrogen (secondary N) is 1. The predicted octanol–water partition coefficient (Wildman–Crippen LogP) is 2.50. The van der Waals surface area contributed by atoms with Gasteiger partial charge in [-0.3, -0.25) is 5.32 Å². The van der Waals surface area contributed by atoms with Crippen molar-refractivity contribution in [2.75, 3.05) is 5.32 Å². The van der Waals surface area contributed by atoms with E-state index in [1.165, 1.54) is 0 Å². The number of carbonyl (C=O) groups excluding carboxylic acids is 1. The zero-order chi connectivity index (χ0) is 11.2. The monoisotopic (exact) mass is 207 g/mol. The smallest absolute Gasteiger partial charge is 0.412 e. The Hall–Kier alpha value is -1.71. The van der Waals surface area contributed by atoms with E-state index in [2.05, 4.69) is 5.32 Å². The number of phenolic OH excluding ortho intramolecular Hbond substituents is 1. The van der Waals surface area contributed by atoms with Crippen molar-refractivity contribution in [1.29, 1.82) is 0 Å². The molecule has 2 rings (SSSR count). The van der Waals surface area contributed by atoms with E-state index in [4.69, 9.17) is 4.74 Å². The van der Waals surface area contributed by atoms with Crippen LogP contribution in [0.15, 0.2) is 12.1 Å². The highest BCUT2D eigenvalue weighted by molar-refractivity contribution is 5.89. The average molecular weight is 207 g/mol. The van der Waals surface area contributed by atoms with E-state index in [0.717, 1.165) is 11.1 Å². The van der Waals surface area contributed by atoms with E-state index in [1.54, 1.807) is 32.9 Å². The predicted molar refractivity (Wildman–Crippen MR) is 56.0 cm³/mol. The molecule has 0 radical (unpaired) electrons. The summed E-state index contributed by atoms with van der Waals surface area (Å²) in [6, 6.07) is 3.37. The maximum atomic E-state index is 11.2. The lowest BCUT2D eigenvalue weighted by atomic mass is 9.93. The third kappa shape index (κ3) is 1.52. The van der Waals surface area contributed by atoms with Crippen molar-refractivity contribution in [2.45, 2.75) is 26.4 Å². The van der Waals surface area contributed by atoms with Gasteiger partial charge < -0.3 is 9.84 Å². The minimum atomic E-state index is -0.706. The number of aryl methyl sites for hydroxylation is 1. The van der Waals surface area contributed by atoms with Crippen LogP contribution in [-0.4, -0.2) is 11.2 Å². The van der Waals surface area contributed by atoms with Crippen LogP contribution in [0.3, 0.4) is 0 Å². The van der Waals surface area contributed by atoms with Gasteiger partial charge in [-0.15, -0.1) is 0 Å². The molecule has 80 valence electrons. The second-order valence-electron chi connectivity index (χ2n) is 4.21. The third-order valence-corrected chi connectivity index (χ3v) is 2.57. The first-order valence-corrected chi connectivity index (χ1v) is 4.74. The van der Waals surface area contributed by atoms with Crippen LogP contribution in [0.1, 0.15) is 25.0 Å². The molecule has 0 atom stereocenters. The van der Waals surface area contributed by atoms with Gasteiger partial charge in [-0.1, -0.05) is 0 Å². The van der Waals surface area contributed by atoms with Crippen LogP contribution < -0.4 is 5.32 Å². The topological polar surface area (TPSA) is 58.6 Å². The summed E-state index contributed by atoms with van der Waals surface area (Å²) in [6.45, 7) is 5.36. The van der Waals surface area contributed by atoms with Crippen LogP contribution in [0.5, 0.6) is 5.75 Å². The lowest BCUT2D eigenvalue weighted by molar-refractivity contribution is 0.0418. The molecule has 0 saturated carbocycles. The summed E-state index contributed by atoms with van der Waals surface area (Å²) < 4.78 is 5.13. The molecule has 0 fully saturated rings. The zero-order valence-corrected chi connectivity index (χ0v) is 8.92. The molecule has 1 amide bonds. The van der Waals surface area contributed by atoms with Gasteiger partial charge in [-0.05, 0) is 38.5 Å². The number of aromatic hydroxyl groups is 1. The van der Waals surface area contributed by atoms with E-state index >= 15 is 0 Å². The first-order valence-electron chi connectivity index (χ1n) is 4.74. The van der Waals surface area contributed by atoms with Crippen LogP contribution >= 0.6 is 0 Å². The van der Waals surface area contributed by atoms with Crippen molar-refractivity contribution in [2.24, 2.45) is 0 Å². The number of cyclic esters (lactones) is 1. The van der Waals surface area contributed by atoms with E-state index in [1.807, 2.05) is 0 Å². The van der Waals surface area contributed by atoms with E-state index in [0.29, 0.717) is 5.69 Å². The summed E-state index contributed by atoms with van der Waals surface area (Å²) in [5.41, 5.74) is 1.51. The Kier molecular flexibility index (Phi) is 1.89. The van der Waals surface area contributed by atoms with Gasteiger partial charge in [0.05, 0.1) is 5.69 Å². The van der Waals surface area contributed by atoms with Crippen molar-refractivity contribution in [3.63, 3.8) is 0 Å². The minimum absolute atomic E-state index is 0.210. The molecule has 4 nitrogen and oxygen atoms in total. The maximum Gasteiger partial charge on any atom is 0.412 e. The van der Waals surface area contributed by atoms with E-state index < -0.39 is 11.7 Å². The van der Waals surface area contributed by atoms with Crippen molar-refractivity contribution in [1.82, 2.24) is 0 Å². The number of hydrogen-bond donors (Lipinski definition) is 2. The van der Waals surface area contributed by atoms with Crippen LogP contribution in [0.4, 0.5) is 10.5 Å². The Bertz CT molecular complexity index is 438. The number of hydrogen-bond acceptors (Lipinski definition) is 3. The lowest BCUT2D eigenvalue weighted by Gasteiger charge is -2.32. The zero-order valence-electron chi connectivity index (χ0n) is 8.92. The van der Waals surface area contributed by atoms with Crippen molar-refractivity contribution < 1.29 is 14.6 Å². The number of fused-ring (bicyclic) bond motifs is 1. The molecule has 0 spiro atoms. The molecule has 0 saturated heterocycles.